The normalized spacial score (nSPS) is 31.7. The summed E-state index contributed by atoms with van der Waals surface area (Å²) in [5, 5.41) is 3.58. The van der Waals surface area contributed by atoms with Gasteiger partial charge in [0.05, 0.1) is 6.54 Å². The molecule has 2 saturated heterocycles. The van der Waals surface area contributed by atoms with Crippen molar-refractivity contribution in [2.75, 3.05) is 26.2 Å². The Bertz CT molecular complexity index is 379. The number of hydrogen-bond acceptors (Lipinski definition) is 3. The molecule has 3 rings (SSSR count). The summed E-state index contributed by atoms with van der Waals surface area (Å²) in [6.45, 7) is 8.22. The molecule has 2 heterocycles. The van der Waals surface area contributed by atoms with Gasteiger partial charge in [-0.25, -0.2) is 0 Å². The average Bonchev–Trinajstić information content (AvgIpc) is 2.50. The molecule has 2 aliphatic heterocycles. The Labute approximate surface area is 147 Å². The predicted octanol–water partition coefficient (Wildman–Crippen LogP) is 2.81. The Morgan fingerprint density at radius 3 is 2.39 bits per heavy atom. The van der Waals surface area contributed by atoms with Gasteiger partial charge in [0.1, 0.15) is 0 Å². The second kappa shape index (κ2) is 8.17. The van der Waals surface area contributed by atoms with E-state index in [0.29, 0.717) is 24.5 Å². The summed E-state index contributed by atoms with van der Waals surface area (Å²) in [6.07, 6.45) is 10.1. The fraction of sp³-hybridized carbons (Fsp3) is 0.944. The summed E-state index contributed by atoms with van der Waals surface area (Å²) in [5.41, 5.74) is 0.258. The van der Waals surface area contributed by atoms with Crippen LogP contribution in [0.4, 0.5) is 0 Å². The summed E-state index contributed by atoms with van der Waals surface area (Å²) < 4.78 is 0. The first-order valence-electron chi connectivity index (χ1n) is 9.39. The molecule has 23 heavy (non-hydrogen) atoms. The fourth-order valence-electron chi connectivity index (χ4n) is 4.99. The Balaban J connectivity index is 0.00000192. The largest absolute Gasteiger partial charge is 0.336 e. The molecular weight excluding hydrogens is 310 g/mol. The third-order valence-electron chi connectivity index (χ3n) is 6.28. The van der Waals surface area contributed by atoms with Crippen molar-refractivity contribution in [3.8, 4) is 0 Å². The molecule has 1 aliphatic carbocycles. The van der Waals surface area contributed by atoms with E-state index in [1.807, 2.05) is 0 Å². The zero-order valence-electron chi connectivity index (χ0n) is 14.9. The van der Waals surface area contributed by atoms with Crippen LogP contribution in [0.3, 0.4) is 0 Å². The SMILES string of the molecule is CC1CCCC(C)N1C(=O)CN1CCNCC12CCCCC2.Cl. The number of carbonyl (C=O) groups is 1. The van der Waals surface area contributed by atoms with Crippen molar-refractivity contribution in [2.45, 2.75) is 82.8 Å². The van der Waals surface area contributed by atoms with Gasteiger partial charge < -0.3 is 10.2 Å². The minimum absolute atomic E-state index is 0. The maximum Gasteiger partial charge on any atom is 0.237 e. The van der Waals surface area contributed by atoms with Crippen molar-refractivity contribution < 1.29 is 4.79 Å². The van der Waals surface area contributed by atoms with Crippen LogP contribution in [0.25, 0.3) is 0 Å². The maximum atomic E-state index is 13.0. The minimum Gasteiger partial charge on any atom is -0.336 e. The summed E-state index contributed by atoms with van der Waals surface area (Å²) >= 11 is 0. The van der Waals surface area contributed by atoms with Gasteiger partial charge in [-0.2, -0.15) is 0 Å². The van der Waals surface area contributed by atoms with Gasteiger partial charge in [-0.15, -0.1) is 12.4 Å². The minimum atomic E-state index is 0. The molecule has 1 saturated carbocycles. The molecule has 3 aliphatic rings. The Morgan fingerprint density at radius 2 is 1.74 bits per heavy atom. The van der Waals surface area contributed by atoms with Crippen molar-refractivity contribution in [2.24, 2.45) is 0 Å². The highest BCUT2D eigenvalue weighted by Gasteiger charge is 2.41. The monoisotopic (exact) mass is 343 g/mol. The first-order valence-corrected chi connectivity index (χ1v) is 9.39. The molecular formula is C18H34ClN3O. The average molecular weight is 344 g/mol. The second-order valence-corrected chi connectivity index (χ2v) is 7.81. The molecule has 0 aromatic heterocycles. The lowest BCUT2D eigenvalue weighted by Crippen LogP contribution is -2.64. The van der Waals surface area contributed by atoms with Crippen LogP contribution < -0.4 is 5.32 Å². The number of amides is 1. The molecule has 3 fully saturated rings. The van der Waals surface area contributed by atoms with E-state index < -0.39 is 0 Å². The lowest BCUT2D eigenvalue weighted by Gasteiger charge is -2.50. The molecule has 1 spiro atoms. The number of halogens is 1. The van der Waals surface area contributed by atoms with Crippen LogP contribution in [0, 0.1) is 0 Å². The molecule has 5 heteroatoms. The molecule has 1 amide bonds. The standard InChI is InChI=1S/C18H33N3O.ClH/c1-15-7-6-8-16(2)21(15)17(22)13-20-12-11-19-14-18(20)9-4-3-5-10-18;/h15-16,19H,3-14H2,1-2H3;1H. The van der Waals surface area contributed by atoms with E-state index in [-0.39, 0.29) is 17.9 Å². The number of piperazine rings is 1. The maximum absolute atomic E-state index is 13.0. The van der Waals surface area contributed by atoms with E-state index in [1.54, 1.807) is 0 Å². The molecule has 0 radical (unpaired) electrons. The summed E-state index contributed by atoms with van der Waals surface area (Å²) in [5.74, 6) is 0.367. The fourth-order valence-corrected chi connectivity index (χ4v) is 4.99. The van der Waals surface area contributed by atoms with E-state index in [1.165, 1.54) is 51.4 Å². The van der Waals surface area contributed by atoms with Crippen LogP contribution in [-0.4, -0.2) is 59.5 Å². The van der Waals surface area contributed by atoms with E-state index >= 15 is 0 Å². The predicted molar refractivity (Wildman–Crippen MR) is 97.1 cm³/mol. The first kappa shape index (κ1) is 19.0. The lowest BCUT2D eigenvalue weighted by atomic mass is 9.79. The van der Waals surface area contributed by atoms with Gasteiger partial charge in [0, 0.05) is 37.3 Å². The summed E-state index contributed by atoms with van der Waals surface area (Å²) in [6, 6.07) is 0.836. The molecule has 0 aromatic rings. The molecule has 0 aromatic carbocycles. The van der Waals surface area contributed by atoms with Gasteiger partial charge in [-0.05, 0) is 46.0 Å². The van der Waals surface area contributed by atoms with Crippen LogP contribution in [0.1, 0.15) is 65.2 Å². The van der Waals surface area contributed by atoms with Crippen LogP contribution in [-0.2, 0) is 4.79 Å². The van der Waals surface area contributed by atoms with Crippen molar-refractivity contribution in [3.05, 3.63) is 0 Å². The molecule has 4 nitrogen and oxygen atoms in total. The number of piperidine rings is 1. The highest BCUT2D eigenvalue weighted by Crippen LogP contribution is 2.35. The van der Waals surface area contributed by atoms with Crippen molar-refractivity contribution >= 4 is 18.3 Å². The van der Waals surface area contributed by atoms with Crippen molar-refractivity contribution in [3.63, 3.8) is 0 Å². The number of hydrogen-bond donors (Lipinski definition) is 1. The van der Waals surface area contributed by atoms with Gasteiger partial charge in [-0.3, -0.25) is 9.69 Å². The lowest BCUT2D eigenvalue weighted by molar-refractivity contribution is -0.141. The number of nitrogens with zero attached hydrogens (tertiary/aromatic N) is 2. The molecule has 0 bridgehead atoms. The van der Waals surface area contributed by atoms with Crippen LogP contribution in [0.15, 0.2) is 0 Å². The van der Waals surface area contributed by atoms with Gasteiger partial charge >= 0.3 is 0 Å². The van der Waals surface area contributed by atoms with Gasteiger partial charge in [0.25, 0.3) is 0 Å². The third-order valence-corrected chi connectivity index (χ3v) is 6.28. The van der Waals surface area contributed by atoms with E-state index in [0.717, 1.165) is 19.6 Å². The highest BCUT2D eigenvalue weighted by molar-refractivity contribution is 5.85. The van der Waals surface area contributed by atoms with E-state index in [4.69, 9.17) is 0 Å². The van der Waals surface area contributed by atoms with Crippen LogP contribution >= 0.6 is 12.4 Å². The number of rotatable bonds is 2. The van der Waals surface area contributed by atoms with Gasteiger partial charge in [0.2, 0.25) is 5.91 Å². The Morgan fingerprint density at radius 1 is 1.09 bits per heavy atom. The zero-order valence-corrected chi connectivity index (χ0v) is 15.7. The second-order valence-electron chi connectivity index (χ2n) is 7.81. The van der Waals surface area contributed by atoms with Crippen molar-refractivity contribution in [1.29, 1.82) is 0 Å². The topological polar surface area (TPSA) is 35.6 Å². The van der Waals surface area contributed by atoms with Crippen LogP contribution in [0.2, 0.25) is 0 Å². The zero-order chi connectivity index (χ0) is 15.6. The third kappa shape index (κ3) is 4.02. The number of likely N-dealkylation sites (tertiary alicyclic amines) is 1. The molecule has 2 atom stereocenters. The van der Waals surface area contributed by atoms with E-state index in [9.17, 15) is 4.79 Å². The summed E-state index contributed by atoms with van der Waals surface area (Å²) in [7, 11) is 0. The first-order chi connectivity index (χ1) is 10.6. The molecule has 1 N–H and O–H groups in total. The highest BCUT2D eigenvalue weighted by atomic mass is 35.5. The van der Waals surface area contributed by atoms with Gasteiger partial charge in [0.15, 0.2) is 0 Å². The van der Waals surface area contributed by atoms with Crippen molar-refractivity contribution in [1.82, 2.24) is 15.1 Å². The van der Waals surface area contributed by atoms with Gasteiger partial charge in [-0.1, -0.05) is 19.3 Å². The number of nitrogens with one attached hydrogen (secondary N) is 1. The quantitative estimate of drug-likeness (QED) is 0.837. The number of carbonyl (C=O) groups excluding carboxylic acids is 1. The molecule has 2 unspecified atom stereocenters. The van der Waals surface area contributed by atoms with E-state index in [2.05, 4.69) is 29.0 Å². The van der Waals surface area contributed by atoms with Crippen LogP contribution in [0.5, 0.6) is 0 Å². The Hall–Kier alpha value is -0.320. The smallest absolute Gasteiger partial charge is 0.237 e. The summed E-state index contributed by atoms with van der Waals surface area (Å²) in [4.78, 5) is 17.7. The Kier molecular flexibility index (Phi) is 6.76. The molecule has 134 valence electrons.